The van der Waals surface area contributed by atoms with E-state index in [1.807, 2.05) is 4.72 Å². The number of nitrogens with one attached hydrogen (secondary N) is 1. The Morgan fingerprint density at radius 2 is 2.00 bits per heavy atom. The SMILES string of the molecule is O=C(O)c1cnc(NS(=O)(=O)c2cc(Cl)sc2Cl)c(O)c1. The number of pyridine rings is 1. The van der Waals surface area contributed by atoms with E-state index in [0.29, 0.717) is 0 Å². The van der Waals surface area contributed by atoms with Crippen LogP contribution >= 0.6 is 34.5 Å². The van der Waals surface area contributed by atoms with Crippen LogP contribution in [0.25, 0.3) is 0 Å². The summed E-state index contributed by atoms with van der Waals surface area (Å²) in [6, 6.07) is 2.02. The number of hydrogen-bond acceptors (Lipinski definition) is 6. The van der Waals surface area contributed by atoms with E-state index in [2.05, 4.69) is 4.98 Å². The minimum absolute atomic E-state index is 0.0471. The number of hydrogen-bond donors (Lipinski definition) is 3. The summed E-state index contributed by atoms with van der Waals surface area (Å²) in [6.45, 7) is 0. The molecule has 0 aliphatic carbocycles. The fourth-order valence-electron chi connectivity index (χ4n) is 1.34. The van der Waals surface area contributed by atoms with E-state index in [1.165, 1.54) is 0 Å². The van der Waals surface area contributed by atoms with E-state index in [9.17, 15) is 18.3 Å². The second-order valence-electron chi connectivity index (χ2n) is 3.69. The Morgan fingerprint density at radius 1 is 1.33 bits per heavy atom. The molecule has 0 spiro atoms. The van der Waals surface area contributed by atoms with Gasteiger partial charge in [-0.15, -0.1) is 11.3 Å². The molecule has 0 aromatic carbocycles. The lowest BCUT2D eigenvalue weighted by molar-refractivity contribution is 0.0696. The van der Waals surface area contributed by atoms with E-state index in [0.717, 1.165) is 29.7 Å². The number of carbonyl (C=O) groups is 1. The zero-order valence-electron chi connectivity index (χ0n) is 9.87. The first-order valence-electron chi connectivity index (χ1n) is 5.10. The van der Waals surface area contributed by atoms with Gasteiger partial charge in [0.15, 0.2) is 11.6 Å². The molecule has 0 aliphatic heterocycles. The molecule has 0 radical (unpaired) electrons. The Bertz CT molecular complexity index is 819. The van der Waals surface area contributed by atoms with Gasteiger partial charge in [-0.1, -0.05) is 23.2 Å². The van der Waals surface area contributed by atoms with Gasteiger partial charge in [-0.2, -0.15) is 0 Å². The first-order valence-corrected chi connectivity index (χ1v) is 8.16. The predicted octanol–water partition coefficient (Wildman–Crippen LogP) is 2.65. The largest absolute Gasteiger partial charge is 0.504 e. The zero-order valence-corrected chi connectivity index (χ0v) is 13.0. The molecule has 0 bridgehead atoms. The third-order valence-corrected chi connectivity index (χ3v) is 5.35. The van der Waals surface area contributed by atoms with Crippen LogP contribution in [0.15, 0.2) is 23.2 Å². The van der Waals surface area contributed by atoms with Crippen LogP contribution < -0.4 is 4.72 Å². The van der Waals surface area contributed by atoms with Crippen LogP contribution in [0.4, 0.5) is 5.82 Å². The van der Waals surface area contributed by atoms with Crippen molar-refractivity contribution in [2.75, 3.05) is 4.72 Å². The maximum Gasteiger partial charge on any atom is 0.337 e. The summed E-state index contributed by atoms with van der Waals surface area (Å²) in [5.41, 5.74) is -0.285. The van der Waals surface area contributed by atoms with Gasteiger partial charge in [-0.25, -0.2) is 18.2 Å². The van der Waals surface area contributed by atoms with Crippen LogP contribution in [-0.2, 0) is 10.0 Å². The van der Waals surface area contributed by atoms with Gasteiger partial charge < -0.3 is 10.2 Å². The Labute approximate surface area is 132 Å². The molecule has 2 aromatic rings. The highest BCUT2D eigenvalue weighted by Crippen LogP contribution is 2.35. The van der Waals surface area contributed by atoms with Gasteiger partial charge in [-0.05, 0) is 12.1 Å². The van der Waals surface area contributed by atoms with Crippen molar-refractivity contribution >= 4 is 56.3 Å². The number of rotatable bonds is 4. The van der Waals surface area contributed by atoms with Crippen LogP contribution in [0.1, 0.15) is 10.4 Å². The normalized spacial score (nSPS) is 11.3. The molecule has 2 rings (SSSR count). The first kappa shape index (κ1) is 15.8. The number of nitrogens with zero attached hydrogens (tertiary/aromatic N) is 1. The minimum Gasteiger partial charge on any atom is -0.504 e. The number of sulfonamides is 1. The van der Waals surface area contributed by atoms with Crippen molar-refractivity contribution in [2.24, 2.45) is 0 Å². The Balaban J connectivity index is 2.37. The second kappa shape index (κ2) is 5.68. The number of thiophene rings is 1. The fourth-order valence-corrected chi connectivity index (χ4v) is 4.51. The molecule has 0 saturated carbocycles. The van der Waals surface area contributed by atoms with Gasteiger partial charge in [0.25, 0.3) is 10.0 Å². The number of carboxylic acid groups (broad SMARTS) is 1. The van der Waals surface area contributed by atoms with Crippen molar-refractivity contribution in [2.45, 2.75) is 4.90 Å². The molecule has 0 amide bonds. The van der Waals surface area contributed by atoms with Gasteiger partial charge in [0.2, 0.25) is 0 Å². The first-order chi connectivity index (χ1) is 9.70. The molecule has 0 aliphatic rings. The highest BCUT2D eigenvalue weighted by atomic mass is 35.5. The third-order valence-electron chi connectivity index (χ3n) is 2.26. The number of aromatic nitrogens is 1. The number of aromatic carboxylic acids is 1. The Hall–Kier alpha value is -1.55. The van der Waals surface area contributed by atoms with E-state index in [4.69, 9.17) is 28.3 Å². The second-order valence-corrected chi connectivity index (χ2v) is 7.63. The summed E-state index contributed by atoms with van der Waals surface area (Å²) in [5.74, 6) is -2.35. The predicted molar refractivity (Wildman–Crippen MR) is 78.0 cm³/mol. The molecule has 0 unspecified atom stereocenters. The number of carboxylic acids is 1. The van der Waals surface area contributed by atoms with Crippen LogP contribution in [0.5, 0.6) is 5.75 Å². The summed E-state index contributed by atoms with van der Waals surface area (Å²) in [7, 11) is -4.10. The zero-order chi connectivity index (χ0) is 15.8. The topological polar surface area (TPSA) is 117 Å². The molecular formula is C10H6Cl2N2O5S2. The molecule has 0 saturated heterocycles. The maximum absolute atomic E-state index is 12.1. The van der Waals surface area contributed by atoms with Gasteiger partial charge >= 0.3 is 5.97 Å². The van der Waals surface area contributed by atoms with Crippen LogP contribution in [0, 0.1) is 0 Å². The van der Waals surface area contributed by atoms with E-state index < -0.39 is 27.6 Å². The molecule has 0 atom stereocenters. The summed E-state index contributed by atoms with van der Waals surface area (Å²) in [4.78, 5) is 14.0. The Kier molecular flexibility index (Phi) is 4.28. The van der Waals surface area contributed by atoms with Crippen molar-refractivity contribution in [3.63, 3.8) is 0 Å². The maximum atomic E-state index is 12.1. The fraction of sp³-hybridized carbons (Fsp3) is 0. The average molecular weight is 369 g/mol. The molecule has 21 heavy (non-hydrogen) atoms. The molecule has 3 N–H and O–H groups in total. The van der Waals surface area contributed by atoms with Crippen molar-refractivity contribution in [3.8, 4) is 5.75 Å². The Morgan fingerprint density at radius 3 is 2.48 bits per heavy atom. The van der Waals surface area contributed by atoms with Crippen LogP contribution in [0.2, 0.25) is 8.67 Å². The van der Waals surface area contributed by atoms with Gasteiger partial charge in [0.1, 0.15) is 9.23 Å². The number of halogens is 2. The molecule has 11 heteroatoms. The highest BCUT2D eigenvalue weighted by molar-refractivity contribution is 7.93. The lowest BCUT2D eigenvalue weighted by Gasteiger charge is -2.08. The van der Waals surface area contributed by atoms with Crippen molar-refractivity contribution < 1.29 is 23.4 Å². The van der Waals surface area contributed by atoms with Gasteiger partial charge in [0, 0.05) is 6.20 Å². The number of anilines is 1. The highest BCUT2D eigenvalue weighted by Gasteiger charge is 2.23. The lowest BCUT2D eigenvalue weighted by atomic mass is 10.3. The molecule has 112 valence electrons. The lowest BCUT2D eigenvalue weighted by Crippen LogP contribution is -2.14. The van der Waals surface area contributed by atoms with E-state index in [1.54, 1.807) is 0 Å². The molecular weight excluding hydrogens is 363 g/mol. The minimum atomic E-state index is -4.10. The van der Waals surface area contributed by atoms with Crippen molar-refractivity contribution in [3.05, 3.63) is 32.6 Å². The number of aromatic hydroxyl groups is 1. The summed E-state index contributed by atoms with van der Waals surface area (Å²) in [5, 5.41) is 18.3. The van der Waals surface area contributed by atoms with Gasteiger partial charge in [0.05, 0.1) is 9.90 Å². The molecule has 7 nitrogen and oxygen atoms in total. The van der Waals surface area contributed by atoms with E-state index >= 15 is 0 Å². The average Bonchev–Trinajstić information content (AvgIpc) is 2.71. The third kappa shape index (κ3) is 3.38. The van der Waals surface area contributed by atoms with Crippen molar-refractivity contribution in [1.82, 2.24) is 4.98 Å². The summed E-state index contributed by atoms with van der Waals surface area (Å²) in [6.07, 6.45) is 0.905. The van der Waals surface area contributed by atoms with Crippen LogP contribution in [0.3, 0.4) is 0 Å². The van der Waals surface area contributed by atoms with E-state index in [-0.39, 0.29) is 19.1 Å². The summed E-state index contributed by atoms with van der Waals surface area (Å²) < 4.78 is 26.3. The molecule has 2 aromatic heterocycles. The quantitative estimate of drug-likeness (QED) is 0.763. The van der Waals surface area contributed by atoms with Crippen molar-refractivity contribution in [1.29, 1.82) is 0 Å². The molecule has 2 heterocycles. The van der Waals surface area contributed by atoms with Crippen LogP contribution in [-0.4, -0.2) is 29.6 Å². The van der Waals surface area contributed by atoms with Gasteiger partial charge in [-0.3, -0.25) is 4.72 Å². The standard InChI is InChI=1S/C10H6Cl2N2O5S2/c11-7-2-6(8(12)20-7)21(18,19)14-9-5(15)1-4(3-13-9)10(16)17/h1-3,15H,(H,13,14)(H,16,17). The smallest absolute Gasteiger partial charge is 0.337 e. The monoisotopic (exact) mass is 368 g/mol. The summed E-state index contributed by atoms with van der Waals surface area (Å²) >= 11 is 12.3. The molecule has 0 fully saturated rings.